The molecule has 0 bridgehead atoms. The highest BCUT2D eigenvalue weighted by Gasteiger charge is 2.06. The minimum atomic E-state index is 0.172. The molecule has 6 nitrogen and oxygen atoms in total. The summed E-state index contributed by atoms with van der Waals surface area (Å²) in [5, 5.41) is 20.2. The van der Waals surface area contributed by atoms with Crippen LogP contribution in [0.5, 0.6) is 0 Å². The molecule has 2 N–H and O–H groups in total. The molecule has 0 aliphatic heterocycles. The van der Waals surface area contributed by atoms with Crippen LogP contribution >= 0.6 is 0 Å². The second kappa shape index (κ2) is 6.96. The molecule has 0 fully saturated rings. The zero-order valence-corrected chi connectivity index (χ0v) is 11.0. The van der Waals surface area contributed by atoms with Gasteiger partial charge in [-0.25, -0.2) is 0 Å². The smallest absolute Gasteiger partial charge is 0.0965 e. The second-order valence-electron chi connectivity index (χ2n) is 4.44. The molecule has 0 saturated heterocycles. The van der Waals surface area contributed by atoms with E-state index in [0.29, 0.717) is 19.5 Å². The minimum Gasteiger partial charge on any atom is -0.396 e. The van der Waals surface area contributed by atoms with Gasteiger partial charge in [0.1, 0.15) is 0 Å². The van der Waals surface area contributed by atoms with Crippen molar-refractivity contribution in [1.82, 2.24) is 25.3 Å². The Balaban J connectivity index is 1.83. The third kappa shape index (κ3) is 4.11. The van der Waals surface area contributed by atoms with E-state index in [1.807, 2.05) is 24.5 Å². The van der Waals surface area contributed by atoms with Crippen LogP contribution in [0.2, 0.25) is 0 Å². The summed E-state index contributed by atoms with van der Waals surface area (Å²) in [5.74, 6) is 0. The standard InChI is InChI=1S/C13H19N5O/c1-11(12-4-2-5-14-8-12)15-9-13-10-18(17-16-13)6-3-7-19/h2,4-5,8,10-11,15,19H,3,6-7,9H2,1H3/t11-/m1/s1. The predicted octanol–water partition coefficient (Wildman–Crippen LogP) is 0.906. The fourth-order valence-electron chi connectivity index (χ4n) is 1.77. The van der Waals surface area contributed by atoms with E-state index in [9.17, 15) is 0 Å². The van der Waals surface area contributed by atoms with Crippen LogP contribution in [0, 0.1) is 0 Å². The number of rotatable bonds is 7. The lowest BCUT2D eigenvalue weighted by atomic mass is 10.1. The van der Waals surface area contributed by atoms with E-state index in [2.05, 4.69) is 27.5 Å². The Morgan fingerprint density at radius 3 is 3.11 bits per heavy atom. The summed E-state index contributed by atoms with van der Waals surface area (Å²) in [7, 11) is 0. The molecule has 0 saturated carbocycles. The summed E-state index contributed by atoms with van der Waals surface area (Å²) < 4.78 is 1.75. The molecule has 2 heterocycles. The molecule has 2 aromatic heterocycles. The van der Waals surface area contributed by atoms with Gasteiger partial charge in [0.2, 0.25) is 0 Å². The molecule has 2 rings (SSSR count). The van der Waals surface area contributed by atoms with Gasteiger partial charge in [-0.3, -0.25) is 9.67 Å². The van der Waals surface area contributed by atoms with E-state index in [1.54, 1.807) is 10.9 Å². The molecule has 0 aromatic carbocycles. The zero-order chi connectivity index (χ0) is 13.5. The van der Waals surface area contributed by atoms with Crippen molar-refractivity contribution < 1.29 is 5.11 Å². The summed E-state index contributed by atoms with van der Waals surface area (Å²) in [5.41, 5.74) is 2.05. The van der Waals surface area contributed by atoms with Gasteiger partial charge in [-0.05, 0) is 25.0 Å². The van der Waals surface area contributed by atoms with Gasteiger partial charge in [0, 0.05) is 44.3 Å². The number of aryl methyl sites for hydroxylation is 1. The molecule has 19 heavy (non-hydrogen) atoms. The van der Waals surface area contributed by atoms with Crippen molar-refractivity contribution in [3.8, 4) is 0 Å². The lowest BCUT2D eigenvalue weighted by Gasteiger charge is -2.12. The van der Waals surface area contributed by atoms with Crippen molar-refractivity contribution >= 4 is 0 Å². The molecular weight excluding hydrogens is 242 g/mol. The van der Waals surface area contributed by atoms with Gasteiger partial charge in [-0.15, -0.1) is 5.10 Å². The predicted molar refractivity (Wildman–Crippen MR) is 71.2 cm³/mol. The third-order valence-electron chi connectivity index (χ3n) is 2.91. The monoisotopic (exact) mass is 261 g/mol. The SMILES string of the molecule is C[C@@H](NCc1cn(CCCO)nn1)c1cccnc1. The van der Waals surface area contributed by atoms with Crippen LogP contribution in [0.1, 0.15) is 30.6 Å². The van der Waals surface area contributed by atoms with Crippen molar-refractivity contribution in [2.24, 2.45) is 0 Å². The summed E-state index contributed by atoms with van der Waals surface area (Å²) in [4.78, 5) is 4.10. The lowest BCUT2D eigenvalue weighted by Crippen LogP contribution is -2.18. The van der Waals surface area contributed by atoms with E-state index in [4.69, 9.17) is 5.11 Å². The first-order valence-electron chi connectivity index (χ1n) is 6.43. The maximum atomic E-state index is 8.76. The summed E-state index contributed by atoms with van der Waals surface area (Å²) in [6, 6.07) is 4.19. The maximum absolute atomic E-state index is 8.76. The Kier molecular flexibility index (Phi) is 5.00. The van der Waals surface area contributed by atoms with Crippen LogP contribution in [-0.2, 0) is 13.1 Å². The number of nitrogens with zero attached hydrogens (tertiary/aromatic N) is 4. The summed E-state index contributed by atoms with van der Waals surface area (Å²) in [6.07, 6.45) is 6.22. The number of hydrogen-bond donors (Lipinski definition) is 2. The van der Waals surface area contributed by atoms with Crippen LogP contribution in [0.25, 0.3) is 0 Å². The molecule has 2 aromatic rings. The van der Waals surface area contributed by atoms with Crippen LogP contribution in [0.4, 0.5) is 0 Å². The van der Waals surface area contributed by atoms with Crippen LogP contribution in [0.15, 0.2) is 30.7 Å². The van der Waals surface area contributed by atoms with E-state index >= 15 is 0 Å². The van der Waals surface area contributed by atoms with Gasteiger partial charge in [-0.2, -0.15) is 0 Å². The number of aromatic nitrogens is 4. The Morgan fingerprint density at radius 1 is 1.47 bits per heavy atom. The number of aliphatic hydroxyl groups excluding tert-OH is 1. The molecule has 102 valence electrons. The first-order valence-corrected chi connectivity index (χ1v) is 6.43. The Hall–Kier alpha value is -1.79. The van der Waals surface area contributed by atoms with E-state index in [-0.39, 0.29) is 12.6 Å². The summed E-state index contributed by atoms with van der Waals surface area (Å²) in [6.45, 7) is 3.62. The fraction of sp³-hybridized carbons (Fsp3) is 0.462. The first kappa shape index (κ1) is 13.6. The molecule has 0 radical (unpaired) electrons. The van der Waals surface area contributed by atoms with E-state index in [0.717, 1.165) is 11.3 Å². The molecule has 0 unspecified atom stereocenters. The van der Waals surface area contributed by atoms with Crippen molar-refractivity contribution in [2.75, 3.05) is 6.61 Å². The average Bonchev–Trinajstić information content (AvgIpc) is 2.91. The molecule has 0 aliphatic carbocycles. The molecular formula is C13H19N5O. The second-order valence-corrected chi connectivity index (χ2v) is 4.44. The molecule has 0 aliphatic rings. The van der Waals surface area contributed by atoms with E-state index < -0.39 is 0 Å². The third-order valence-corrected chi connectivity index (χ3v) is 2.91. The van der Waals surface area contributed by atoms with Gasteiger partial charge in [-0.1, -0.05) is 11.3 Å². The molecule has 6 heteroatoms. The van der Waals surface area contributed by atoms with Gasteiger partial charge in [0.05, 0.1) is 5.69 Å². The fourth-order valence-corrected chi connectivity index (χ4v) is 1.77. The topological polar surface area (TPSA) is 75.9 Å². The normalized spacial score (nSPS) is 12.5. The van der Waals surface area contributed by atoms with Gasteiger partial charge in [0.25, 0.3) is 0 Å². The van der Waals surface area contributed by atoms with Crippen LogP contribution in [0.3, 0.4) is 0 Å². The van der Waals surface area contributed by atoms with Crippen LogP contribution in [-0.4, -0.2) is 31.7 Å². The van der Waals surface area contributed by atoms with Crippen molar-refractivity contribution in [3.63, 3.8) is 0 Å². The van der Waals surface area contributed by atoms with E-state index in [1.165, 1.54) is 0 Å². The number of nitrogens with one attached hydrogen (secondary N) is 1. The van der Waals surface area contributed by atoms with Crippen molar-refractivity contribution in [3.05, 3.63) is 42.0 Å². The van der Waals surface area contributed by atoms with Gasteiger partial charge in [0.15, 0.2) is 0 Å². The number of hydrogen-bond acceptors (Lipinski definition) is 5. The summed E-state index contributed by atoms with van der Waals surface area (Å²) >= 11 is 0. The zero-order valence-electron chi connectivity index (χ0n) is 11.0. The van der Waals surface area contributed by atoms with Gasteiger partial charge >= 0.3 is 0 Å². The first-order chi connectivity index (χ1) is 9.29. The number of aliphatic hydroxyl groups is 1. The molecule has 0 amide bonds. The highest BCUT2D eigenvalue weighted by atomic mass is 16.3. The highest BCUT2D eigenvalue weighted by molar-refractivity contribution is 5.12. The molecule has 0 spiro atoms. The minimum absolute atomic E-state index is 0.172. The Morgan fingerprint density at radius 2 is 2.37 bits per heavy atom. The lowest BCUT2D eigenvalue weighted by molar-refractivity contribution is 0.276. The largest absolute Gasteiger partial charge is 0.396 e. The average molecular weight is 261 g/mol. The molecule has 1 atom stereocenters. The Bertz CT molecular complexity index is 485. The number of pyridine rings is 1. The van der Waals surface area contributed by atoms with Crippen molar-refractivity contribution in [1.29, 1.82) is 0 Å². The van der Waals surface area contributed by atoms with Crippen LogP contribution < -0.4 is 5.32 Å². The van der Waals surface area contributed by atoms with Crippen molar-refractivity contribution in [2.45, 2.75) is 32.5 Å². The Labute approximate surface area is 112 Å². The maximum Gasteiger partial charge on any atom is 0.0965 e. The quantitative estimate of drug-likeness (QED) is 0.774. The highest BCUT2D eigenvalue weighted by Crippen LogP contribution is 2.10. The van der Waals surface area contributed by atoms with Gasteiger partial charge < -0.3 is 10.4 Å².